The van der Waals surface area contributed by atoms with Gasteiger partial charge in [-0.1, -0.05) is 33.6 Å². The van der Waals surface area contributed by atoms with Crippen LogP contribution in [0.5, 0.6) is 0 Å². The molecular formula is C18H29N3. The molecule has 1 aromatic heterocycles. The summed E-state index contributed by atoms with van der Waals surface area (Å²) in [4.78, 5) is 6.99. The predicted octanol–water partition coefficient (Wildman–Crippen LogP) is 3.55. The van der Waals surface area contributed by atoms with Crippen LogP contribution in [-0.4, -0.2) is 24.6 Å². The lowest BCUT2D eigenvalue weighted by molar-refractivity contribution is 0.671. The van der Waals surface area contributed by atoms with Crippen molar-refractivity contribution in [2.75, 3.05) is 24.5 Å². The molecule has 0 aliphatic rings. The number of aromatic nitrogens is 1. The standard InChI is InChI=1S/C18H29N3/c1-6-9-19-14-16-12-17(15(4)5)20-18(13-16)21(10-7-2)11-8-3/h2,12-13,15,19H,6,8-11,14H2,1,3-5H3. The Morgan fingerprint density at radius 3 is 2.62 bits per heavy atom. The molecule has 116 valence electrons. The maximum absolute atomic E-state index is 5.50. The molecule has 1 heterocycles. The molecular weight excluding hydrogens is 258 g/mol. The first-order chi connectivity index (χ1) is 10.1. The molecule has 21 heavy (non-hydrogen) atoms. The quantitative estimate of drug-likeness (QED) is 0.556. The molecule has 3 heteroatoms. The van der Waals surface area contributed by atoms with Gasteiger partial charge in [0.05, 0.1) is 6.54 Å². The van der Waals surface area contributed by atoms with E-state index in [-0.39, 0.29) is 0 Å². The van der Waals surface area contributed by atoms with E-state index in [4.69, 9.17) is 11.4 Å². The van der Waals surface area contributed by atoms with Crippen LogP contribution in [0, 0.1) is 12.3 Å². The molecule has 0 aliphatic heterocycles. The molecule has 1 rings (SSSR count). The van der Waals surface area contributed by atoms with Gasteiger partial charge in [-0.15, -0.1) is 6.42 Å². The summed E-state index contributed by atoms with van der Waals surface area (Å²) in [6.07, 6.45) is 7.71. The number of anilines is 1. The maximum Gasteiger partial charge on any atom is 0.129 e. The zero-order valence-corrected chi connectivity index (χ0v) is 13.9. The Bertz CT molecular complexity index is 460. The second kappa shape index (κ2) is 9.41. The van der Waals surface area contributed by atoms with Gasteiger partial charge in [0.25, 0.3) is 0 Å². The van der Waals surface area contributed by atoms with Gasteiger partial charge in [0.1, 0.15) is 5.82 Å². The fourth-order valence-electron chi connectivity index (χ4n) is 2.22. The normalized spacial score (nSPS) is 10.7. The van der Waals surface area contributed by atoms with Crippen molar-refractivity contribution in [1.29, 1.82) is 0 Å². The Morgan fingerprint density at radius 2 is 2.05 bits per heavy atom. The van der Waals surface area contributed by atoms with Crippen molar-refractivity contribution in [3.8, 4) is 12.3 Å². The van der Waals surface area contributed by atoms with Crippen molar-refractivity contribution in [1.82, 2.24) is 10.3 Å². The molecule has 0 spiro atoms. The number of hydrogen-bond acceptors (Lipinski definition) is 3. The van der Waals surface area contributed by atoms with Crippen LogP contribution in [0.2, 0.25) is 0 Å². The van der Waals surface area contributed by atoms with Gasteiger partial charge in [-0.2, -0.15) is 0 Å². The van der Waals surface area contributed by atoms with Gasteiger partial charge in [0.2, 0.25) is 0 Å². The lowest BCUT2D eigenvalue weighted by Gasteiger charge is -2.23. The third kappa shape index (κ3) is 5.77. The van der Waals surface area contributed by atoms with Crippen LogP contribution in [0.3, 0.4) is 0 Å². The molecule has 0 amide bonds. The van der Waals surface area contributed by atoms with Crippen molar-refractivity contribution in [3.63, 3.8) is 0 Å². The van der Waals surface area contributed by atoms with Crippen molar-refractivity contribution in [3.05, 3.63) is 23.4 Å². The zero-order valence-electron chi connectivity index (χ0n) is 13.9. The van der Waals surface area contributed by atoms with Gasteiger partial charge >= 0.3 is 0 Å². The summed E-state index contributed by atoms with van der Waals surface area (Å²) in [5.41, 5.74) is 2.43. The Balaban J connectivity index is 3.02. The second-order valence-corrected chi connectivity index (χ2v) is 5.72. The van der Waals surface area contributed by atoms with E-state index in [2.05, 4.69) is 56.0 Å². The largest absolute Gasteiger partial charge is 0.345 e. The van der Waals surface area contributed by atoms with E-state index in [1.54, 1.807) is 0 Å². The minimum absolute atomic E-state index is 0.421. The molecule has 0 radical (unpaired) electrons. The Kier molecular flexibility index (Phi) is 7.85. The summed E-state index contributed by atoms with van der Waals surface area (Å²) in [5, 5.41) is 3.46. The molecule has 0 fully saturated rings. The number of nitrogens with one attached hydrogen (secondary N) is 1. The van der Waals surface area contributed by atoms with E-state index in [9.17, 15) is 0 Å². The minimum atomic E-state index is 0.421. The molecule has 3 nitrogen and oxygen atoms in total. The van der Waals surface area contributed by atoms with Crippen LogP contribution < -0.4 is 10.2 Å². The first-order valence-electron chi connectivity index (χ1n) is 8.02. The minimum Gasteiger partial charge on any atom is -0.345 e. The van der Waals surface area contributed by atoms with Crippen molar-refractivity contribution >= 4 is 5.82 Å². The maximum atomic E-state index is 5.50. The Labute approximate surface area is 130 Å². The van der Waals surface area contributed by atoms with Crippen LogP contribution in [-0.2, 0) is 6.54 Å². The van der Waals surface area contributed by atoms with Gasteiger partial charge in [-0.25, -0.2) is 4.98 Å². The fourth-order valence-corrected chi connectivity index (χ4v) is 2.22. The van der Waals surface area contributed by atoms with Crippen LogP contribution >= 0.6 is 0 Å². The summed E-state index contributed by atoms with van der Waals surface area (Å²) in [7, 11) is 0. The third-order valence-corrected chi connectivity index (χ3v) is 3.34. The molecule has 0 unspecified atom stereocenters. The molecule has 0 saturated heterocycles. The van der Waals surface area contributed by atoms with Crippen LogP contribution in [0.4, 0.5) is 5.82 Å². The van der Waals surface area contributed by atoms with E-state index in [0.29, 0.717) is 12.5 Å². The molecule has 0 aliphatic carbocycles. The van der Waals surface area contributed by atoms with Crippen LogP contribution in [0.15, 0.2) is 12.1 Å². The Morgan fingerprint density at radius 1 is 1.29 bits per heavy atom. The number of terminal acetylenes is 1. The van der Waals surface area contributed by atoms with Gasteiger partial charge in [-0.05, 0) is 43.0 Å². The number of nitrogens with zero attached hydrogens (tertiary/aromatic N) is 2. The highest BCUT2D eigenvalue weighted by atomic mass is 15.2. The van der Waals surface area contributed by atoms with Crippen LogP contribution in [0.1, 0.15) is 57.7 Å². The lowest BCUT2D eigenvalue weighted by atomic mass is 10.1. The van der Waals surface area contributed by atoms with Gasteiger partial charge in [0.15, 0.2) is 0 Å². The molecule has 1 aromatic rings. The second-order valence-electron chi connectivity index (χ2n) is 5.72. The summed E-state index contributed by atoms with van der Waals surface area (Å²) in [6, 6.07) is 4.37. The summed E-state index contributed by atoms with van der Waals surface area (Å²) in [6.45, 7) is 12.2. The number of hydrogen-bond donors (Lipinski definition) is 1. The molecule has 0 atom stereocenters. The molecule has 0 aromatic carbocycles. The SMILES string of the molecule is C#CCN(CCC)c1cc(CNCCC)cc(C(C)C)n1. The van der Waals surface area contributed by atoms with E-state index in [0.717, 1.165) is 44.0 Å². The third-order valence-electron chi connectivity index (χ3n) is 3.34. The van der Waals surface area contributed by atoms with E-state index >= 15 is 0 Å². The zero-order chi connectivity index (χ0) is 15.7. The first-order valence-corrected chi connectivity index (χ1v) is 8.02. The van der Waals surface area contributed by atoms with Crippen molar-refractivity contribution in [2.45, 2.75) is 53.0 Å². The average molecular weight is 287 g/mol. The van der Waals surface area contributed by atoms with Gasteiger partial charge < -0.3 is 10.2 Å². The number of rotatable bonds is 9. The fraction of sp³-hybridized carbons (Fsp3) is 0.611. The number of pyridine rings is 1. The van der Waals surface area contributed by atoms with Gasteiger partial charge in [-0.3, -0.25) is 0 Å². The topological polar surface area (TPSA) is 28.2 Å². The van der Waals surface area contributed by atoms with E-state index in [1.807, 2.05) is 0 Å². The summed E-state index contributed by atoms with van der Waals surface area (Å²) < 4.78 is 0. The van der Waals surface area contributed by atoms with Gasteiger partial charge in [0, 0.05) is 18.8 Å². The molecule has 0 bridgehead atoms. The molecule has 0 saturated carbocycles. The predicted molar refractivity (Wildman–Crippen MR) is 91.7 cm³/mol. The summed E-state index contributed by atoms with van der Waals surface area (Å²) in [5.74, 6) is 4.17. The highest BCUT2D eigenvalue weighted by molar-refractivity contribution is 5.44. The lowest BCUT2D eigenvalue weighted by Crippen LogP contribution is -2.26. The van der Waals surface area contributed by atoms with Crippen LogP contribution in [0.25, 0.3) is 0 Å². The monoisotopic (exact) mass is 287 g/mol. The average Bonchev–Trinajstić information content (AvgIpc) is 2.47. The van der Waals surface area contributed by atoms with E-state index in [1.165, 1.54) is 5.56 Å². The summed E-state index contributed by atoms with van der Waals surface area (Å²) >= 11 is 0. The highest BCUT2D eigenvalue weighted by Crippen LogP contribution is 2.20. The smallest absolute Gasteiger partial charge is 0.129 e. The van der Waals surface area contributed by atoms with Crippen molar-refractivity contribution < 1.29 is 0 Å². The van der Waals surface area contributed by atoms with Crippen molar-refractivity contribution in [2.24, 2.45) is 0 Å². The van der Waals surface area contributed by atoms with E-state index < -0.39 is 0 Å². The first kappa shape index (κ1) is 17.5. The molecule has 1 N–H and O–H groups in total. The highest BCUT2D eigenvalue weighted by Gasteiger charge is 2.11. The Hall–Kier alpha value is -1.53.